The number of hydrogen-bond acceptors (Lipinski definition) is 5. The average molecular weight is 827 g/mol. The quantitative estimate of drug-likeness (QED) is 0.167. The maximum absolute atomic E-state index is 6.77. The summed E-state index contributed by atoms with van der Waals surface area (Å²) in [7, 11) is 0. The maximum Gasteiger partial charge on any atom is 0.159 e. The summed E-state index contributed by atoms with van der Waals surface area (Å²) < 4.78 is 20.1. The second-order valence-electron chi connectivity index (χ2n) is 17.4. The summed E-state index contributed by atoms with van der Waals surface area (Å²) in [5, 5.41) is 11.3. The molecule has 3 heterocycles. The van der Waals surface area contributed by atoms with Crippen LogP contribution in [0.25, 0.3) is 87.4 Å². The molecule has 0 radical (unpaired) electrons. The van der Waals surface area contributed by atoms with E-state index in [0.29, 0.717) is 0 Å². The first-order chi connectivity index (χ1) is 31.5. The van der Waals surface area contributed by atoms with Crippen LogP contribution in [0, 0.1) is 19.8 Å². The molecule has 0 fully saturated rings. The molecule has 5 heteroatoms. The molecule has 2 atom stereocenters. The largest absolute Gasteiger partial charge is 0.456 e. The number of fused-ring (bicyclic) bond motifs is 13. The molecule has 13 rings (SSSR count). The number of rotatable bonds is 6. The van der Waals surface area contributed by atoms with E-state index in [1.165, 1.54) is 0 Å². The highest BCUT2D eigenvalue weighted by atomic mass is 16.3. The number of hydrogen-bond donors (Lipinski definition) is 0. The van der Waals surface area contributed by atoms with E-state index in [9.17, 15) is 0 Å². The first-order valence-electron chi connectivity index (χ1n) is 22.1. The van der Waals surface area contributed by atoms with Crippen molar-refractivity contribution in [2.24, 2.45) is 5.92 Å². The minimum atomic E-state index is 0.0809. The van der Waals surface area contributed by atoms with Crippen molar-refractivity contribution >= 4 is 116 Å². The van der Waals surface area contributed by atoms with Crippen molar-refractivity contribution in [2.75, 3.05) is 9.80 Å². The summed E-state index contributed by atoms with van der Waals surface area (Å²) in [6.07, 6.45) is 8.92. The predicted molar refractivity (Wildman–Crippen MR) is 267 cm³/mol. The molecule has 0 saturated heterocycles. The van der Waals surface area contributed by atoms with Crippen molar-refractivity contribution in [3.63, 3.8) is 0 Å². The molecule has 1 aliphatic carbocycles. The Bertz CT molecular complexity index is 3920. The van der Waals surface area contributed by atoms with Crippen molar-refractivity contribution in [2.45, 2.75) is 26.8 Å². The lowest BCUT2D eigenvalue weighted by Crippen LogP contribution is -2.35. The zero-order valence-corrected chi connectivity index (χ0v) is 35.7. The van der Waals surface area contributed by atoms with Crippen LogP contribution in [0.3, 0.4) is 0 Å². The van der Waals surface area contributed by atoms with Gasteiger partial charge in [-0.15, -0.1) is 0 Å². The van der Waals surface area contributed by atoms with E-state index in [0.717, 1.165) is 127 Å². The van der Waals surface area contributed by atoms with Gasteiger partial charge < -0.3 is 23.1 Å². The number of para-hydroxylation sites is 5. The summed E-state index contributed by atoms with van der Waals surface area (Å²) in [6, 6.07) is 58.7. The lowest BCUT2D eigenvalue weighted by molar-refractivity contribution is 0.604. The Morgan fingerprint density at radius 1 is 0.406 bits per heavy atom. The van der Waals surface area contributed by atoms with Crippen molar-refractivity contribution in [1.82, 2.24) is 0 Å². The number of allylic oxidation sites excluding steroid dienone is 2. The predicted octanol–water partition coefficient (Wildman–Crippen LogP) is 17.0. The van der Waals surface area contributed by atoms with Crippen molar-refractivity contribution in [3.05, 3.63) is 199 Å². The Morgan fingerprint density at radius 3 is 1.56 bits per heavy atom. The molecule has 12 aromatic rings. The van der Waals surface area contributed by atoms with E-state index >= 15 is 0 Å². The smallest absolute Gasteiger partial charge is 0.159 e. The summed E-state index contributed by atoms with van der Waals surface area (Å²) >= 11 is 0. The molecule has 2 unspecified atom stereocenters. The van der Waals surface area contributed by atoms with Gasteiger partial charge in [0.1, 0.15) is 22.3 Å². The lowest BCUT2D eigenvalue weighted by atomic mass is 9.93. The van der Waals surface area contributed by atoms with Crippen LogP contribution < -0.4 is 9.80 Å². The monoisotopic (exact) mass is 826 g/mol. The number of benzene rings is 9. The molecule has 0 N–H and O–H groups in total. The SMILES string of the molecule is Cc1cccc2c1oc1c(N(c3ccccc3)c3ccc4c(ccc5oc6ccc7cc(N(c8cccc9c8oc8c(C)cccc89)C8C=CC=CC8C)ccc7c6c54)c3)cccc12. The summed E-state index contributed by atoms with van der Waals surface area (Å²) in [6.45, 7) is 6.52. The number of furan rings is 3. The van der Waals surface area contributed by atoms with Crippen LogP contribution in [0.1, 0.15) is 18.1 Å². The van der Waals surface area contributed by atoms with Gasteiger partial charge in [-0.3, -0.25) is 0 Å². The van der Waals surface area contributed by atoms with E-state index in [1.54, 1.807) is 0 Å². The highest BCUT2D eigenvalue weighted by molar-refractivity contribution is 6.27. The normalized spacial score (nSPS) is 15.3. The van der Waals surface area contributed by atoms with Crippen LogP contribution in [-0.4, -0.2) is 6.04 Å². The maximum atomic E-state index is 6.77. The molecule has 0 amide bonds. The molecule has 306 valence electrons. The fourth-order valence-electron chi connectivity index (χ4n) is 10.4. The van der Waals surface area contributed by atoms with Gasteiger partial charge in [0.05, 0.1) is 17.4 Å². The topological polar surface area (TPSA) is 45.9 Å². The van der Waals surface area contributed by atoms with Crippen LogP contribution in [0.4, 0.5) is 28.4 Å². The molecule has 0 bridgehead atoms. The van der Waals surface area contributed by atoms with Gasteiger partial charge in [0, 0.05) is 49.4 Å². The van der Waals surface area contributed by atoms with E-state index in [2.05, 4.69) is 219 Å². The Kier molecular flexibility index (Phi) is 8.01. The fraction of sp³-hybridized carbons (Fsp3) is 0.0847. The molecule has 0 saturated carbocycles. The molecule has 9 aromatic carbocycles. The van der Waals surface area contributed by atoms with Gasteiger partial charge in [0.15, 0.2) is 11.2 Å². The molecule has 0 aliphatic heterocycles. The van der Waals surface area contributed by atoms with Gasteiger partial charge in [-0.1, -0.05) is 134 Å². The van der Waals surface area contributed by atoms with E-state index in [1.807, 2.05) is 0 Å². The fourth-order valence-corrected chi connectivity index (χ4v) is 10.4. The zero-order chi connectivity index (χ0) is 42.6. The van der Waals surface area contributed by atoms with Gasteiger partial charge in [-0.2, -0.15) is 0 Å². The minimum Gasteiger partial charge on any atom is -0.456 e. The average Bonchev–Trinajstić information content (AvgIpc) is 4.04. The third-order valence-electron chi connectivity index (χ3n) is 13.5. The molecule has 5 nitrogen and oxygen atoms in total. The lowest BCUT2D eigenvalue weighted by Gasteiger charge is -2.36. The molecule has 0 spiro atoms. The molecular formula is C59H42N2O3. The number of nitrogens with zero attached hydrogens (tertiary/aromatic N) is 2. The van der Waals surface area contributed by atoms with Crippen LogP contribution in [-0.2, 0) is 0 Å². The standard InChI is InChI=1S/C59H42N2O3/c1-35-13-7-8-22-49(35)61(51-24-12-21-48-46-19-10-15-37(3)57(46)64-59(48)51)42-28-30-44-39(34-42)26-32-53-55(44)54-43-29-27-41(33-38(43)25-31-52(54)62-53)60(40-16-5-4-6-17-40)50-23-11-20-47-45-18-9-14-36(2)56(45)63-58(47)50/h4-35,49H,1-3H3. The number of anilines is 5. The summed E-state index contributed by atoms with van der Waals surface area (Å²) in [5.41, 5.74) is 12.9. The Morgan fingerprint density at radius 2 is 0.938 bits per heavy atom. The van der Waals surface area contributed by atoms with Crippen LogP contribution in [0.5, 0.6) is 0 Å². The van der Waals surface area contributed by atoms with Gasteiger partial charge in [0.2, 0.25) is 0 Å². The molecule has 64 heavy (non-hydrogen) atoms. The summed E-state index contributed by atoms with van der Waals surface area (Å²) in [5.74, 6) is 0.271. The molecule has 3 aromatic heterocycles. The van der Waals surface area contributed by atoms with E-state index in [-0.39, 0.29) is 12.0 Å². The van der Waals surface area contributed by atoms with Gasteiger partial charge >= 0.3 is 0 Å². The van der Waals surface area contributed by atoms with Crippen LogP contribution >= 0.6 is 0 Å². The minimum absolute atomic E-state index is 0.0809. The van der Waals surface area contributed by atoms with E-state index in [4.69, 9.17) is 13.3 Å². The Balaban J connectivity index is 0.980. The van der Waals surface area contributed by atoms with Crippen LogP contribution in [0.15, 0.2) is 201 Å². The van der Waals surface area contributed by atoms with Crippen molar-refractivity contribution < 1.29 is 13.3 Å². The Labute approximate surface area is 369 Å². The van der Waals surface area contributed by atoms with Crippen molar-refractivity contribution in [3.8, 4) is 0 Å². The third kappa shape index (κ3) is 5.43. The first kappa shape index (κ1) is 36.6. The van der Waals surface area contributed by atoms with Crippen molar-refractivity contribution in [1.29, 1.82) is 0 Å². The summed E-state index contributed by atoms with van der Waals surface area (Å²) in [4.78, 5) is 4.77. The third-order valence-corrected chi connectivity index (χ3v) is 13.5. The first-order valence-corrected chi connectivity index (χ1v) is 22.1. The molecule has 1 aliphatic rings. The van der Waals surface area contributed by atoms with Gasteiger partial charge in [0.25, 0.3) is 0 Å². The van der Waals surface area contributed by atoms with Gasteiger partial charge in [-0.05, 0) is 113 Å². The van der Waals surface area contributed by atoms with Crippen LogP contribution in [0.2, 0.25) is 0 Å². The second kappa shape index (κ2) is 14.0. The zero-order valence-electron chi connectivity index (χ0n) is 35.7. The second-order valence-corrected chi connectivity index (χ2v) is 17.4. The molecular weight excluding hydrogens is 785 g/mol. The van der Waals surface area contributed by atoms with E-state index < -0.39 is 0 Å². The highest BCUT2D eigenvalue weighted by Gasteiger charge is 2.28. The Hall–Kier alpha value is -8.02. The number of aryl methyl sites for hydroxylation is 2. The van der Waals surface area contributed by atoms with Gasteiger partial charge in [-0.25, -0.2) is 0 Å². The highest BCUT2D eigenvalue weighted by Crippen LogP contribution is 2.47.